The van der Waals surface area contributed by atoms with Gasteiger partial charge in [-0.05, 0) is 23.3 Å². The number of halogens is 1. The third-order valence-electron chi connectivity index (χ3n) is 5.23. The first-order valence-corrected chi connectivity index (χ1v) is 10.6. The van der Waals surface area contributed by atoms with Gasteiger partial charge in [-0.2, -0.15) is 0 Å². The second kappa shape index (κ2) is 11.0. The maximum Gasteiger partial charge on any atom is 0.225 e. The van der Waals surface area contributed by atoms with Crippen LogP contribution in [0.3, 0.4) is 0 Å². The fraction of sp³-hybridized carbons (Fsp3) is 0.333. The van der Waals surface area contributed by atoms with Crippen LogP contribution in [0, 0.1) is 0 Å². The fourth-order valence-corrected chi connectivity index (χ4v) is 3.70. The largest absolute Gasteiger partial charge is 0.349 e. The summed E-state index contributed by atoms with van der Waals surface area (Å²) in [6.07, 6.45) is 4.54. The van der Waals surface area contributed by atoms with Gasteiger partial charge in [-0.3, -0.25) is 14.5 Å². The molecule has 0 radical (unpaired) electrons. The highest BCUT2D eigenvalue weighted by Gasteiger charge is 2.24. The minimum Gasteiger partial charge on any atom is -0.349 e. The lowest BCUT2D eigenvalue weighted by molar-refractivity contribution is -0.133. The highest BCUT2D eigenvalue weighted by molar-refractivity contribution is 6.30. The molecule has 0 saturated carbocycles. The van der Waals surface area contributed by atoms with E-state index in [1.165, 1.54) is 12.5 Å². The van der Waals surface area contributed by atoms with Crippen molar-refractivity contribution in [3.05, 3.63) is 76.8 Å². The van der Waals surface area contributed by atoms with Crippen molar-refractivity contribution in [3.8, 4) is 0 Å². The Labute approximate surface area is 183 Å². The number of hydrogen-bond donors (Lipinski definition) is 1. The molecule has 3 rings (SSSR count). The lowest BCUT2D eigenvalue weighted by Crippen LogP contribution is -2.49. The smallest absolute Gasteiger partial charge is 0.225 e. The minimum atomic E-state index is -0.348. The van der Waals surface area contributed by atoms with E-state index in [1.54, 1.807) is 12.1 Å². The number of nitrogens with zero attached hydrogens (tertiary/aromatic N) is 2. The van der Waals surface area contributed by atoms with Crippen LogP contribution >= 0.6 is 11.6 Å². The second-order valence-electron chi connectivity index (χ2n) is 7.50. The van der Waals surface area contributed by atoms with E-state index in [9.17, 15) is 9.59 Å². The van der Waals surface area contributed by atoms with E-state index in [4.69, 9.17) is 11.6 Å². The Bertz CT molecular complexity index is 860. The summed E-state index contributed by atoms with van der Waals surface area (Å²) >= 11 is 5.96. The van der Waals surface area contributed by atoms with E-state index >= 15 is 0 Å². The molecule has 5 nitrogen and oxygen atoms in total. The van der Waals surface area contributed by atoms with E-state index < -0.39 is 0 Å². The number of amides is 2. The predicted molar refractivity (Wildman–Crippen MR) is 121 cm³/mol. The number of carbonyl (C=O) groups excluding carboxylic acids is 2. The first-order valence-electron chi connectivity index (χ1n) is 10.3. The van der Waals surface area contributed by atoms with Gasteiger partial charge in [-0.1, -0.05) is 66.2 Å². The summed E-state index contributed by atoms with van der Waals surface area (Å²) < 4.78 is 0. The zero-order valence-corrected chi connectivity index (χ0v) is 18.0. The zero-order valence-electron chi connectivity index (χ0n) is 17.3. The molecule has 1 heterocycles. The summed E-state index contributed by atoms with van der Waals surface area (Å²) in [5.41, 5.74) is 2.07. The summed E-state index contributed by atoms with van der Waals surface area (Å²) in [4.78, 5) is 28.7. The zero-order chi connectivity index (χ0) is 21.3. The van der Waals surface area contributed by atoms with Crippen molar-refractivity contribution in [2.75, 3.05) is 32.7 Å². The Kier molecular flexibility index (Phi) is 8.05. The Morgan fingerprint density at radius 1 is 1.03 bits per heavy atom. The molecule has 0 aliphatic carbocycles. The van der Waals surface area contributed by atoms with Crippen LogP contribution in [0.15, 0.2) is 60.7 Å². The SMILES string of the molecule is CC(=O)NC(CC(=O)N1CCN(C/C=C/c2ccccc2)CC1)c1ccc(Cl)cc1. The van der Waals surface area contributed by atoms with Gasteiger partial charge in [0.05, 0.1) is 12.5 Å². The maximum absolute atomic E-state index is 12.9. The van der Waals surface area contributed by atoms with Gasteiger partial charge < -0.3 is 10.2 Å². The molecule has 2 aromatic rings. The third-order valence-corrected chi connectivity index (χ3v) is 5.48. The molecule has 1 aliphatic heterocycles. The van der Waals surface area contributed by atoms with Gasteiger partial charge >= 0.3 is 0 Å². The number of carbonyl (C=O) groups is 2. The Hall–Kier alpha value is -2.63. The number of hydrogen-bond acceptors (Lipinski definition) is 3. The van der Waals surface area contributed by atoms with Gasteiger partial charge in [0.25, 0.3) is 0 Å². The average Bonchev–Trinajstić information content (AvgIpc) is 2.75. The van der Waals surface area contributed by atoms with Crippen LogP contribution in [0.2, 0.25) is 5.02 Å². The van der Waals surface area contributed by atoms with Crippen LogP contribution in [-0.4, -0.2) is 54.3 Å². The number of rotatable bonds is 7. The monoisotopic (exact) mass is 425 g/mol. The molecule has 158 valence electrons. The summed E-state index contributed by atoms with van der Waals surface area (Å²) in [5.74, 6) is -0.0963. The Morgan fingerprint density at radius 2 is 1.70 bits per heavy atom. The molecule has 1 aliphatic rings. The normalized spacial score (nSPS) is 15.9. The molecule has 2 aromatic carbocycles. The Balaban J connectivity index is 1.50. The maximum atomic E-state index is 12.9. The van der Waals surface area contributed by atoms with Crippen molar-refractivity contribution < 1.29 is 9.59 Å². The Morgan fingerprint density at radius 3 is 2.33 bits per heavy atom. The van der Waals surface area contributed by atoms with E-state index in [2.05, 4.69) is 34.5 Å². The second-order valence-corrected chi connectivity index (χ2v) is 7.94. The predicted octanol–water partition coefficient (Wildman–Crippen LogP) is 3.76. The van der Waals surface area contributed by atoms with Crippen LogP contribution < -0.4 is 5.32 Å². The van der Waals surface area contributed by atoms with Crippen LogP contribution in [0.1, 0.15) is 30.5 Å². The van der Waals surface area contributed by atoms with Crippen molar-refractivity contribution in [1.29, 1.82) is 0 Å². The number of piperazine rings is 1. The molecular formula is C24H28ClN3O2. The van der Waals surface area contributed by atoms with Gasteiger partial charge in [-0.15, -0.1) is 0 Å². The first-order chi connectivity index (χ1) is 14.5. The van der Waals surface area contributed by atoms with E-state index in [0.29, 0.717) is 18.1 Å². The molecule has 1 atom stereocenters. The highest BCUT2D eigenvalue weighted by atomic mass is 35.5. The first kappa shape index (κ1) is 22.1. The van der Waals surface area contributed by atoms with Crippen LogP contribution in [0.25, 0.3) is 6.08 Å². The summed E-state index contributed by atoms with van der Waals surface area (Å²) in [7, 11) is 0. The molecule has 1 saturated heterocycles. The van der Waals surface area contributed by atoms with Crippen LogP contribution in [0.4, 0.5) is 0 Å². The fourth-order valence-electron chi connectivity index (χ4n) is 3.58. The van der Waals surface area contributed by atoms with Gasteiger partial charge in [-0.25, -0.2) is 0 Å². The standard InChI is InChI=1S/C24H28ClN3O2/c1-19(29)26-23(21-9-11-22(25)12-10-21)18-24(30)28-16-14-27(15-17-28)13-5-8-20-6-3-2-4-7-20/h2-12,23H,13-18H2,1H3,(H,26,29)/b8-5+. The molecule has 1 N–H and O–H groups in total. The quantitative estimate of drug-likeness (QED) is 0.734. The topological polar surface area (TPSA) is 52.7 Å². The molecular weight excluding hydrogens is 398 g/mol. The van der Waals surface area contributed by atoms with Crippen molar-refractivity contribution in [2.24, 2.45) is 0 Å². The molecule has 2 amide bonds. The number of nitrogens with one attached hydrogen (secondary N) is 1. The summed E-state index contributed by atoms with van der Waals surface area (Å²) in [6, 6.07) is 17.1. The van der Waals surface area contributed by atoms with Gasteiger partial charge in [0, 0.05) is 44.7 Å². The summed E-state index contributed by atoms with van der Waals surface area (Å²) in [5, 5.41) is 3.52. The van der Waals surface area contributed by atoms with Crippen molar-refractivity contribution >= 4 is 29.5 Å². The lowest BCUT2D eigenvalue weighted by atomic mass is 10.0. The van der Waals surface area contributed by atoms with E-state index in [1.807, 2.05) is 35.2 Å². The van der Waals surface area contributed by atoms with Crippen molar-refractivity contribution in [1.82, 2.24) is 15.1 Å². The molecule has 30 heavy (non-hydrogen) atoms. The van der Waals surface area contributed by atoms with Gasteiger partial charge in [0.2, 0.25) is 11.8 Å². The summed E-state index contributed by atoms with van der Waals surface area (Å²) in [6.45, 7) is 5.43. The average molecular weight is 426 g/mol. The molecule has 6 heteroatoms. The molecule has 1 fully saturated rings. The van der Waals surface area contributed by atoms with Gasteiger partial charge in [0.1, 0.15) is 0 Å². The lowest BCUT2D eigenvalue weighted by Gasteiger charge is -2.35. The van der Waals surface area contributed by atoms with Crippen LogP contribution in [0.5, 0.6) is 0 Å². The van der Waals surface area contributed by atoms with E-state index in [0.717, 1.165) is 25.2 Å². The number of benzene rings is 2. The van der Waals surface area contributed by atoms with E-state index in [-0.39, 0.29) is 24.3 Å². The van der Waals surface area contributed by atoms with Crippen LogP contribution in [-0.2, 0) is 9.59 Å². The van der Waals surface area contributed by atoms with Crippen molar-refractivity contribution in [3.63, 3.8) is 0 Å². The molecule has 0 aromatic heterocycles. The molecule has 0 spiro atoms. The highest BCUT2D eigenvalue weighted by Crippen LogP contribution is 2.21. The minimum absolute atomic E-state index is 0.0585. The van der Waals surface area contributed by atoms with Gasteiger partial charge in [0.15, 0.2) is 0 Å². The molecule has 0 bridgehead atoms. The van der Waals surface area contributed by atoms with Crippen molar-refractivity contribution in [2.45, 2.75) is 19.4 Å². The molecule has 1 unspecified atom stereocenters. The third kappa shape index (κ3) is 6.71.